The minimum Gasteiger partial charge on any atom is -0.355 e. The van der Waals surface area contributed by atoms with E-state index in [9.17, 15) is 0 Å². The quantitative estimate of drug-likeness (QED) is 0.491. The zero-order chi connectivity index (χ0) is 8.86. The van der Waals surface area contributed by atoms with Gasteiger partial charge in [-0.05, 0) is 26.7 Å². The van der Waals surface area contributed by atoms with Crippen molar-refractivity contribution in [1.82, 2.24) is 0 Å². The molecule has 1 fully saturated rings. The molecule has 0 aromatic heterocycles. The first-order valence-corrected chi connectivity index (χ1v) is 6.81. The van der Waals surface area contributed by atoms with Gasteiger partial charge < -0.3 is 9.47 Å². The molecule has 0 aromatic carbocycles. The van der Waals surface area contributed by atoms with E-state index in [-0.39, 0.29) is 14.9 Å². The first-order valence-electron chi connectivity index (χ1n) is 5.11. The summed E-state index contributed by atoms with van der Waals surface area (Å²) in [5.41, 5.74) is -0.0816. The molecule has 72 valence electrons. The van der Waals surface area contributed by atoms with Crippen molar-refractivity contribution in [3.05, 3.63) is 0 Å². The fourth-order valence-electron chi connectivity index (χ4n) is 1.95. The summed E-state index contributed by atoms with van der Waals surface area (Å²) in [6.45, 7) is 5.72. The Morgan fingerprint density at radius 3 is 2.25 bits per heavy atom. The summed E-state index contributed by atoms with van der Waals surface area (Å²) < 4.78 is 11.5. The molecule has 0 saturated carbocycles. The molecule has 0 radical (unpaired) electrons. The maximum Gasteiger partial charge on any atom is 0.144 e. The third-order valence-corrected chi connectivity index (χ3v) is 4.81. The summed E-state index contributed by atoms with van der Waals surface area (Å²) in [4.78, 5) is 0. The van der Waals surface area contributed by atoms with Crippen LogP contribution in [-0.2, 0) is 9.47 Å². The van der Waals surface area contributed by atoms with Crippen molar-refractivity contribution in [2.45, 2.75) is 44.6 Å². The van der Waals surface area contributed by atoms with E-state index in [1.165, 1.54) is 18.9 Å². The average Bonchev–Trinajstić information content (AvgIpc) is 2.07. The van der Waals surface area contributed by atoms with Crippen LogP contribution in [0.5, 0.6) is 0 Å². The molecule has 3 heteroatoms. The lowest BCUT2D eigenvalue weighted by molar-refractivity contribution is -0.182. The number of hydrogen-bond donors (Lipinski definition) is 0. The minimum atomic E-state index is -0.151. The molecule has 0 amide bonds. The highest BCUT2D eigenvalue weighted by Gasteiger charge is 2.32. The van der Waals surface area contributed by atoms with Gasteiger partial charge in [-0.2, -0.15) is 0 Å². The highest BCUT2D eigenvalue weighted by atomic mass is 28.2. The Balaban J connectivity index is 2.44. The van der Waals surface area contributed by atoms with E-state index in [2.05, 4.69) is 13.8 Å². The molecule has 0 unspecified atom stereocenters. The van der Waals surface area contributed by atoms with Gasteiger partial charge >= 0.3 is 0 Å². The van der Waals surface area contributed by atoms with Crippen LogP contribution in [0.4, 0.5) is 0 Å². The Bertz CT molecular complexity index is 106. The molecular formula is C9H20O2Si. The summed E-state index contributed by atoms with van der Waals surface area (Å²) in [5.74, 6) is 0. The van der Waals surface area contributed by atoms with E-state index in [0.29, 0.717) is 0 Å². The summed E-state index contributed by atoms with van der Waals surface area (Å²) in [7, 11) is -0.151. The van der Waals surface area contributed by atoms with Gasteiger partial charge in [0, 0.05) is 13.2 Å². The second-order valence-electron chi connectivity index (χ2n) is 3.34. The monoisotopic (exact) mass is 188 g/mol. The predicted octanol–water partition coefficient (Wildman–Crippen LogP) is 1.48. The Morgan fingerprint density at radius 1 is 1.17 bits per heavy atom. The molecule has 0 bridgehead atoms. The van der Waals surface area contributed by atoms with E-state index in [0.717, 1.165) is 19.6 Å². The van der Waals surface area contributed by atoms with Gasteiger partial charge in [0.25, 0.3) is 0 Å². The normalized spacial score (nSPS) is 24.5. The van der Waals surface area contributed by atoms with Crippen LogP contribution < -0.4 is 0 Å². The zero-order valence-corrected chi connectivity index (χ0v) is 9.68. The highest BCUT2D eigenvalue weighted by molar-refractivity contribution is 6.39. The van der Waals surface area contributed by atoms with Crippen molar-refractivity contribution in [3.63, 3.8) is 0 Å². The van der Waals surface area contributed by atoms with Crippen LogP contribution in [0.1, 0.15) is 33.1 Å². The van der Waals surface area contributed by atoms with E-state index in [1.54, 1.807) is 0 Å². The Hall–Kier alpha value is 0.137. The molecule has 1 rings (SSSR count). The maximum atomic E-state index is 5.75. The molecular weight excluding hydrogens is 168 g/mol. The molecule has 1 heterocycles. The smallest absolute Gasteiger partial charge is 0.144 e. The topological polar surface area (TPSA) is 18.5 Å². The van der Waals surface area contributed by atoms with E-state index in [1.807, 2.05) is 0 Å². The lowest BCUT2D eigenvalue weighted by atomic mass is 10.2. The van der Waals surface area contributed by atoms with Crippen LogP contribution >= 0.6 is 0 Å². The van der Waals surface area contributed by atoms with Gasteiger partial charge in [-0.3, -0.25) is 0 Å². The molecule has 12 heavy (non-hydrogen) atoms. The SMILES string of the molecule is CCOC1(OCC)CCCC[SiH2]1. The third kappa shape index (κ3) is 2.57. The van der Waals surface area contributed by atoms with Crippen molar-refractivity contribution >= 4 is 9.52 Å². The Kier molecular flexibility index (Phi) is 4.25. The van der Waals surface area contributed by atoms with Crippen LogP contribution in [-0.4, -0.2) is 28.1 Å². The van der Waals surface area contributed by atoms with Gasteiger partial charge in [-0.25, -0.2) is 0 Å². The summed E-state index contributed by atoms with van der Waals surface area (Å²) in [6, 6.07) is 1.39. The highest BCUT2D eigenvalue weighted by Crippen LogP contribution is 2.27. The minimum absolute atomic E-state index is 0.0816. The number of rotatable bonds is 4. The average molecular weight is 188 g/mol. The van der Waals surface area contributed by atoms with Crippen molar-refractivity contribution in [2.75, 3.05) is 13.2 Å². The van der Waals surface area contributed by atoms with Gasteiger partial charge in [0.1, 0.15) is 5.41 Å². The van der Waals surface area contributed by atoms with Gasteiger partial charge in [-0.1, -0.05) is 12.5 Å². The molecule has 1 saturated heterocycles. The molecule has 0 aromatic rings. The summed E-state index contributed by atoms with van der Waals surface area (Å²) in [5, 5.41) is 0. The van der Waals surface area contributed by atoms with Crippen LogP contribution in [0.25, 0.3) is 0 Å². The second kappa shape index (κ2) is 4.99. The first kappa shape index (κ1) is 10.2. The molecule has 1 aliphatic rings. The second-order valence-corrected chi connectivity index (χ2v) is 5.62. The van der Waals surface area contributed by atoms with Crippen LogP contribution in [0.2, 0.25) is 6.04 Å². The lowest BCUT2D eigenvalue weighted by Crippen LogP contribution is -2.44. The summed E-state index contributed by atoms with van der Waals surface area (Å²) >= 11 is 0. The van der Waals surface area contributed by atoms with Crippen molar-refractivity contribution < 1.29 is 9.47 Å². The Labute approximate surface area is 77.5 Å². The van der Waals surface area contributed by atoms with E-state index < -0.39 is 0 Å². The standard InChI is InChI=1S/C9H20O2Si/c1-3-10-9(11-4-2)7-5-6-8-12-9/h3-8,12H2,1-2H3. The fraction of sp³-hybridized carbons (Fsp3) is 1.00. The molecule has 0 aliphatic carbocycles. The molecule has 0 spiro atoms. The fourth-order valence-corrected chi connectivity index (χ4v) is 4.29. The third-order valence-electron chi connectivity index (χ3n) is 2.43. The van der Waals surface area contributed by atoms with E-state index >= 15 is 0 Å². The Morgan fingerprint density at radius 2 is 1.83 bits per heavy atom. The largest absolute Gasteiger partial charge is 0.355 e. The van der Waals surface area contributed by atoms with Crippen molar-refractivity contribution in [3.8, 4) is 0 Å². The van der Waals surface area contributed by atoms with Gasteiger partial charge in [-0.15, -0.1) is 0 Å². The van der Waals surface area contributed by atoms with Gasteiger partial charge in [0.05, 0.1) is 9.52 Å². The molecule has 0 N–H and O–H groups in total. The van der Waals surface area contributed by atoms with Crippen LogP contribution in [0, 0.1) is 0 Å². The van der Waals surface area contributed by atoms with E-state index in [4.69, 9.17) is 9.47 Å². The molecule has 1 aliphatic heterocycles. The van der Waals surface area contributed by atoms with Gasteiger partial charge in [0.2, 0.25) is 0 Å². The van der Waals surface area contributed by atoms with Crippen molar-refractivity contribution in [1.29, 1.82) is 0 Å². The first-order chi connectivity index (χ1) is 5.83. The number of ether oxygens (including phenoxy) is 2. The van der Waals surface area contributed by atoms with Crippen molar-refractivity contribution in [2.24, 2.45) is 0 Å². The maximum absolute atomic E-state index is 5.75. The molecule has 0 atom stereocenters. The zero-order valence-electron chi connectivity index (χ0n) is 8.27. The van der Waals surface area contributed by atoms with Crippen LogP contribution in [0.15, 0.2) is 0 Å². The van der Waals surface area contributed by atoms with Crippen LogP contribution in [0.3, 0.4) is 0 Å². The summed E-state index contributed by atoms with van der Waals surface area (Å²) in [6.07, 6.45) is 3.82. The van der Waals surface area contributed by atoms with Gasteiger partial charge in [0.15, 0.2) is 0 Å². The number of hydrogen-bond acceptors (Lipinski definition) is 2. The predicted molar refractivity (Wildman–Crippen MR) is 53.2 cm³/mol. The lowest BCUT2D eigenvalue weighted by Gasteiger charge is -2.36. The molecule has 2 nitrogen and oxygen atoms in total.